The topological polar surface area (TPSA) is 145 Å². The average molecular weight is 584 g/mol. The van der Waals surface area contributed by atoms with Crippen LogP contribution in [-0.4, -0.2) is 69.1 Å². The van der Waals surface area contributed by atoms with Crippen LogP contribution in [0.3, 0.4) is 0 Å². The minimum absolute atomic E-state index is 0.0410. The summed E-state index contributed by atoms with van der Waals surface area (Å²) in [7, 11) is 1.25. The Hall–Kier alpha value is -3.54. The Labute approximate surface area is 242 Å². The van der Waals surface area contributed by atoms with E-state index in [2.05, 4.69) is 5.32 Å². The van der Waals surface area contributed by atoms with Gasteiger partial charge in [0.1, 0.15) is 31.0 Å². The van der Waals surface area contributed by atoms with Gasteiger partial charge in [0.15, 0.2) is 11.5 Å². The average Bonchev–Trinajstić information content (AvgIpc) is 2.90. The molecule has 0 aliphatic rings. The standard InChI is InChI=1S/C29H45NO11/c1-10-19(6)37-27(32)36-14-13-30-23(26(31)35-9)15-22-11-12-24(40-28(33)38-20(7)17(2)3)25(16-22)41-29(34)39-21(8)18(4)5/h11-12,16-21,23,30H,10,13-15H2,1-9H3/t19?,20?,21?,23-/m0/s1. The van der Waals surface area contributed by atoms with Crippen LogP contribution in [0.2, 0.25) is 0 Å². The van der Waals surface area contributed by atoms with E-state index in [0.29, 0.717) is 12.0 Å². The maximum Gasteiger partial charge on any atom is 0.514 e. The number of nitrogens with one attached hydrogen (secondary N) is 1. The van der Waals surface area contributed by atoms with Gasteiger partial charge in [-0.2, -0.15) is 0 Å². The fraction of sp³-hybridized carbons (Fsp3) is 0.655. The second-order valence-electron chi connectivity index (χ2n) is 10.3. The Kier molecular flexibility index (Phi) is 15.6. The molecule has 41 heavy (non-hydrogen) atoms. The Balaban J connectivity index is 3.05. The summed E-state index contributed by atoms with van der Waals surface area (Å²) >= 11 is 0. The van der Waals surface area contributed by atoms with Gasteiger partial charge in [-0.05, 0) is 63.1 Å². The zero-order valence-electron chi connectivity index (χ0n) is 25.5. The molecule has 0 amide bonds. The number of carbonyl (C=O) groups is 4. The molecular weight excluding hydrogens is 538 g/mol. The normalized spacial score (nSPS) is 13.9. The predicted octanol–water partition coefficient (Wildman–Crippen LogP) is 5.43. The van der Waals surface area contributed by atoms with Gasteiger partial charge >= 0.3 is 24.4 Å². The molecule has 0 aliphatic heterocycles. The van der Waals surface area contributed by atoms with E-state index in [0.717, 1.165) is 0 Å². The number of benzene rings is 1. The Morgan fingerprint density at radius 3 is 1.85 bits per heavy atom. The molecule has 0 fully saturated rings. The third kappa shape index (κ3) is 13.6. The van der Waals surface area contributed by atoms with E-state index in [4.69, 9.17) is 33.2 Å². The Morgan fingerprint density at radius 1 is 0.780 bits per heavy atom. The number of methoxy groups -OCH3 is 1. The second-order valence-corrected chi connectivity index (χ2v) is 10.3. The molecule has 232 valence electrons. The first-order valence-corrected chi connectivity index (χ1v) is 13.8. The van der Waals surface area contributed by atoms with Crippen molar-refractivity contribution in [3.05, 3.63) is 23.8 Å². The van der Waals surface area contributed by atoms with Crippen molar-refractivity contribution in [2.45, 2.75) is 92.6 Å². The summed E-state index contributed by atoms with van der Waals surface area (Å²) in [4.78, 5) is 49.0. The third-order valence-corrected chi connectivity index (χ3v) is 6.35. The van der Waals surface area contributed by atoms with Crippen molar-refractivity contribution in [1.29, 1.82) is 0 Å². The van der Waals surface area contributed by atoms with Crippen molar-refractivity contribution in [3.8, 4) is 11.5 Å². The Morgan fingerprint density at radius 2 is 1.34 bits per heavy atom. The summed E-state index contributed by atoms with van der Waals surface area (Å²) in [6.45, 7) is 14.7. The summed E-state index contributed by atoms with van der Waals surface area (Å²) in [5.74, 6) is -0.625. The van der Waals surface area contributed by atoms with Crippen LogP contribution in [0.5, 0.6) is 11.5 Å². The van der Waals surface area contributed by atoms with Crippen molar-refractivity contribution < 1.29 is 52.3 Å². The maximum absolute atomic E-state index is 12.5. The Bertz CT molecular complexity index is 995. The van der Waals surface area contributed by atoms with E-state index in [9.17, 15) is 19.2 Å². The van der Waals surface area contributed by atoms with Crippen molar-refractivity contribution in [2.24, 2.45) is 11.8 Å². The van der Waals surface area contributed by atoms with E-state index in [1.54, 1.807) is 26.8 Å². The molecule has 0 heterocycles. The quantitative estimate of drug-likeness (QED) is 0.122. The molecular formula is C29H45NO11. The fourth-order valence-corrected chi connectivity index (χ4v) is 2.91. The fourth-order valence-electron chi connectivity index (χ4n) is 2.91. The van der Waals surface area contributed by atoms with E-state index < -0.39 is 42.7 Å². The van der Waals surface area contributed by atoms with Crippen LogP contribution in [-0.2, 0) is 34.9 Å². The molecule has 0 aliphatic carbocycles. The molecule has 0 aromatic heterocycles. The van der Waals surface area contributed by atoms with Gasteiger partial charge < -0.3 is 38.5 Å². The molecule has 0 saturated heterocycles. The molecule has 3 unspecified atom stereocenters. The highest BCUT2D eigenvalue weighted by Crippen LogP contribution is 2.30. The first-order valence-electron chi connectivity index (χ1n) is 13.8. The molecule has 1 rings (SSSR count). The third-order valence-electron chi connectivity index (χ3n) is 6.35. The summed E-state index contributed by atoms with van der Waals surface area (Å²) in [5.41, 5.74) is 0.543. The smallest absolute Gasteiger partial charge is 0.468 e. The van der Waals surface area contributed by atoms with Crippen LogP contribution in [0, 0.1) is 11.8 Å². The number of carbonyl (C=O) groups excluding carboxylic acids is 4. The second kappa shape index (κ2) is 18.0. The van der Waals surface area contributed by atoms with Gasteiger partial charge in [-0.15, -0.1) is 0 Å². The van der Waals surface area contributed by atoms with Gasteiger partial charge in [0.05, 0.1) is 7.11 Å². The van der Waals surface area contributed by atoms with Crippen LogP contribution < -0.4 is 14.8 Å². The van der Waals surface area contributed by atoms with Crippen LogP contribution in [0.15, 0.2) is 18.2 Å². The van der Waals surface area contributed by atoms with E-state index in [-0.39, 0.29) is 49.0 Å². The van der Waals surface area contributed by atoms with E-state index in [1.165, 1.54) is 19.2 Å². The number of rotatable bonds is 15. The van der Waals surface area contributed by atoms with Crippen molar-refractivity contribution in [1.82, 2.24) is 5.32 Å². The lowest BCUT2D eigenvalue weighted by atomic mass is 10.1. The molecule has 1 aromatic rings. The van der Waals surface area contributed by atoms with Crippen molar-refractivity contribution >= 4 is 24.4 Å². The lowest BCUT2D eigenvalue weighted by Gasteiger charge is -2.20. The highest BCUT2D eigenvalue weighted by Gasteiger charge is 2.24. The van der Waals surface area contributed by atoms with Gasteiger partial charge in [0.25, 0.3) is 0 Å². The SMILES string of the molecule is CCC(C)OC(=O)OCCN[C@@H](Cc1ccc(OC(=O)OC(C)C(C)C)c(OC(=O)OC(C)C(C)C)c1)C(=O)OC. The molecule has 0 radical (unpaired) electrons. The zero-order chi connectivity index (χ0) is 31.1. The lowest BCUT2D eigenvalue weighted by Crippen LogP contribution is -2.41. The van der Waals surface area contributed by atoms with Crippen LogP contribution in [0.4, 0.5) is 14.4 Å². The van der Waals surface area contributed by atoms with Gasteiger partial charge in [0.2, 0.25) is 0 Å². The lowest BCUT2D eigenvalue weighted by molar-refractivity contribution is -0.143. The van der Waals surface area contributed by atoms with Crippen LogP contribution in [0.1, 0.15) is 67.4 Å². The van der Waals surface area contributed by atoms with Gasteiger partial charge in [-0.25, -0.2) is 14.4 Å². The number of esters is 1. The molecule has 12 heteroatoms. The maximum atomic E-state index is 12.5. The minimum atomic E-state index is -0.985. The summed E-state index contributed by atoms with van der Waals surface area (Å²) in [6, 6.07) is 3.64. The number of ether oxygens (including phenoxy) is 7. The number of hydrogen-bond donors (Lipinski definition) is 1. The molecule has 0 bridgehead atoms. The molecule has 0 saturated carbocycles. The molecule has 0 spiro atoms. The molecule has 1 N–H and O–H groups in total. The highest BCUT2D eigenvalue weighted by atomic mass is 16.8. The van der Waals surface area contributed by atoms with Crippen LogP contribution in [0.25, 0.3) is 0 Å². The molecule has 4 atom stereocenters. The molecule has 12 nitrogen and oxygen atoms in total. The van der Waals surface area contributed by atoms with Gasteiger partial charge in [0, 0.05) is 6.54 Å². The zero-order valence-corrected chi connectivity index (χ0v) is 25.5. The minimum Gasteiger partial charge on any atom is -0.468 e. The van der Waals surface area contributed by atoms with Crippen LogP contribution >= 0.6 is 0 Å². The van der Waals surface area contributed by atoms with Crippen molar-refractivity contribution in [3.63, 3.8) is 0 Å². The van der Waals surface area contributed by atoms with Crippen molar-refractivity contribution in [2.75, 3.05) is 20.3 Å². The summed E-state index contributed by atoms with van der Waals surface area (Å²) in [6.07, 6.45) is -3.09. The monoisotopic (exact) mass is 583 g/mol. The number of hydrogen-bond acceptors (Lipinski definition) is 12. The van der Waals surface area contributed by atoms with E-state index >= 15 is 0 Å². The molecule has 1 aromatic carbocycles. The first kappa shape index (κ1) is 35.5. The highest BCUT2D eigenvalue weighted by molar-refractivity contribution is 5.76. The first-order chi connectivity index (χ1) is 19.3. The van der Waals surface area contributed by atoms with Gasteiger partial charge in [-0.3, -0.25) is 4.79 Å². The largest absolute Gasteiger partial charge is 0.514 e. The summed E-state index contributed by atoms with van der Waals surface area (Å²) in [5, 5.41) is 2.97. The van der Waals surface area contributed by atoms with Gasteiger partial charge in [-0.1, -0.05) is 40.7 Å². The predicted molar refractivity (Wildman–Crippen MR) is 149 cm³/mol. The summed E-state index contributed by atoms with van der Waals surface area (Å²) < 4.78 is 36.2. The van der Waals surface area contributed by atoms with E-state index in [1.807, 2.05) is 34.6 Å².